The highest BCUT2D eigenvalue weighted by Gasteiger charge is 2.45. The first kappa shape index (κ1) is 8.79. The van der Waals surface area contributed by atoms with E-state index in [0.717, 1.165) is 12.3 Å². The van der Waals surface area contributed by atoms with Gasteiger partial charge in [-0.2, -0.15) is 0 Å². The molecule has 0 atom stereocenters. The largest absolute Gasteiger partial charge is 0.478 e. The molecule has 1 N–H and O–H groups in total. The lowest BCUT2D eigenvalue weighted by atomic mass is 9.79. The van der Waals surface area contributed by atoms with Crippen LogP contribution in [0.2, 0.25) is 0 Å². The van der Waals surface area contributed by atoms with E-state index in [9.17, 15) is 4.79 Å². The van der Waals surface area contributed by atoms with E-state index < -0.39 is 5.97 Å². The van der Waals surface area contributed by atoms with E-state index in [4.69, 9.17) is 5.11 Å². The van der Waals surface area contributed by atoms with E-state index in [-0.39, 0.29) is 0 Å². The summed E-state index contributed by atoms with van der Waals surface area (Å²) in [6.07, 6.45) is 7.05. The van der Waals surface area contributed by atoms with Gasteiger partial charge >= 0.3 is 5.97 Å². The van der Waals surface area contributed by atoms with E-state index >= 15 is 0 Å². The summed E-state index contributed by atoms with van der Waals surface area (Å²) in [7, 11) is 0. The molecular weight excluding hydrogens is 164 g/mol. The molecule has 0 aliphatic heterocycles. The predicted molar refractivity (Wildman–Crippen MR) is 50.4 cm³/mol. The molecule has 0 spiro atoms. The number of fused-ring (bicyclic) bond motifs is 2. The second-order valence-corrected chi connectivity index (χ2v) is 4.73. The normalized spacial score (nSPS) is 36.5. The third-order valence-corrected chi connectivity index (χ3v) is 3.78. The van der Waals surface area contributed by atoms with Gasteiger partial charge in [0.05, 0.1) is 0 Å². The van der Waals surface area contributed by atoms with Crippen LogP contribution in [0.15, 0.2) is 12.2 Å². The van der Waals surface area contributed by atoms with Gasteiger partial charge in [-0.3, -0.25) is 0 Å². The molecule has 2 rings (SSSR count). The Morgan fingerprint density at radius 2 is 2.08 bits per heavy atom. The van der Waals surface area contributed by atoms with Crippen molar-refractivity contribution in [3.63, 3.8) is 0 Å². The molecule has 0 unspecified atom stereocenters. The Morgan fingerprint density at radius 3 is 2.46 bits per heavy atom. The molecule has 2 aliphatic carbocycles. The summed E-state index contributed by atoms with van der Waals surface area (Å²) in [5.41, 5.74) is 0.739. The number of rotatable bonds is 3. The molecule has 2 aliphatic rings. The number of carboxylic acid groups (broad SMARTS) is 1. The molecular formula is C11H16O2. The molecule has 0 aromatic carbocycles. The molecule has 0 saturated heterocycles. The first-order valence-electron chi connectivity index (χ1n) is 5.02. The van der Waals surface area contributed by atoms with Crippen molar-refractivity contribution in [2.45, 2.75) is 38.5 Å². The summed E-state index contributed by atoms with van der Waals surface area (Å²) in [5, 5.41) is 8.77. The number of hydrogen-bond donors (Lipinski definition) is 1. The van der Waals surface area contributed by atoms with Crippen molar-refractivity contribution in [3.05, 3.63) is 12.2 Å². The maximum absolute atomic E-state index is 10.7. The Bertz CT molecular complexity index is 247. The summed E-state index contributed by atoms with van der Waals surface area (Å²) in [6, 6.07) is 0. The SMILES string of the molecule is C=C(CC12CCC(CC1)C2)C(=O)O. The van der Waals surface area contributed by atoms with Crippen LogP contribution < -0.4 is 0 Å². The van der Waals surface area contributed by atoms with Gasteiger partial charge in [0, 0.05) is 5.57 Å². The van der Waals surface area contributed by atoms with Gasteiger partial charge in [-0.1, -0.05) is 6.58 Å². The Morgan fingerprint density at radius 1 is 1.46 bits per heavy atom. The average Bonchev–Trinajstić information content (AvgIpc) is 2.62. The molecule has 13 heavy (non-hydrogen) atoms. The minimum absolute atomic E-state index is 0.333. The maximum Gasteiger partial charge on any atom is 0.330 e. The third kappa shape index (κ3) is 1.50. The molecule has 2 saturated carbocycles. The quantitative estimate of drug-likeness (QED) is 0.678. The second kappa shape index (κ2) is 2.86. The van der Waals surface area contributed by atoms with Crippen LogP contribution in [0.3, 0.4) is 0 Å². The van der Waals surface area contributed by atoms with Crippen LogP contribution >= 0.6 is 0 Å². The highest BCUT2D eigenvalue weighted by Crippen LogP contribution is 2.56. The summed E-state index contributed by atoms with van der Waals surface area (Å²) in [5.74, 6) is 0.0753. The van der Waals surface area contributed by atoms with Gasteiger partial charge in [-0.05, 0) is 49.9 Å². The molecule has 0 amide bonds. The molecule has 0 aromatic rings. The van der Waals surface area contributed by atoms with E-state index in [2.05, 4.69) is 6.58 Å². The lowest BCUT2D eigenvalue weighted by Crippen LogP contribution is -2.17. The standard InChI is InChI=1S/C11H16O2/c1-8(10(12)13)6-11-4-2-9(7-11)3-5-11/h9H,1-7H2,(H,12,13). The smallest absolute Gasteiger partial charge is 0.330 e. The zero-order chi connectivity index (χ0) is 9.47. The van der Waals surface area contributed by atoms with Crippen molar-refractivity contribution in [2.75, 3.05) is 0 Å². The summed E-state index contributed by atoms with van der Waals surface area (Å²) in [4.78, 5) is 10.7. The summed E-state index contributed by atoms with van der Waals surface area (Å²) in [6.45, 7) is 3.63. The van der Waals surface area contributed by atoms with Crippen LogP contribution in [0.4, 0.5) is 0 Å². The number of carboxylic acids is 1. The Hall–Kier alpha value is -0.790. The Kier molecular flexibility index (Phi) is 1.94. The molecule has 2 nitrogen and oxygen atoms in total. The number of hydrogen-bond acceptors (Lipinski definition) is 1. The minimum atomic E-state index is -0.815. The Labute approximate surface area is 78.6 Å². The fraction of sp³-hybridized carbons (Fsp3) is 0.727. The highest BCUT2D eigenvalue weighted by atomic mass is 16.4. The van der Waals surface area contributed by atoms with Gasteiger partial charge in [-0.15, -0.1) is 0 Å². The molecule has 0 radical (unpaired) electrons. The third-order valence-electron chi connectivity index (χ3n) is 3.78. The molecule has 0 aromatic heterocycles. The predicted octanol–water partition coefficient (Wildman–Crippen LogP) is 2.60. The molecule has 2 bridgehead atoms. The van der Waals surface area contributed by atoms with Crippen LogP contribution in [0, 0.1) is 11.3 Å². The summed E-state index contributed by atoms with van der Waals surface area (Å²) < 4.78 is 0. The average molecular weight is 180 g/mol. The second-order valence-electron chi connectivity index (χ2n) is 4.73. The first-order valence-corrected chi connectivity index (χ1v) is 5.02. The van der Waals surface area contributed by atoms with Crippen molar-refractivity contribution in [2.24, 2.45) is 11.3 Å². The highest BCUT2D eigenvalue weighted by molar-refractivity contribution is 5.85. The van der Waals surface area contributed by atoms with Gasteiger partial charge in [0.25, 0.3) is 0 Å². The fourth-order valence-electron chi connectivity index (χ4n) is 3.09. The van der Waals surface area contributed by atoms with Gasteiger partial charge in [-0.25, -0.2) is 4.79 Å². The zero-order valence-electron chi connectivity index (χ0n) is 7.88. The van der Waals surface area contributed by atoms with E-state index in [1.807, 2.05) is 0 Å². The number of carbonyl (C=O) groups is 1. The molecule has 2 heteroatoms. The zero-order valence-corrected chi connectivity index (χ0v) is 7.88. The van der Waals surface area contributed by atoms with Gasteiger partial charge in [0.1, 0.15) is 0 Å². The van der Waals surface area contributed by atoms with Crippen molar-refractivity contribution in [1.82, 2.24) is 0 Å². The van der Waals surface area contributed by atoms with Crippen molar-refractivity contribution < 1.29 is 9.90 Å². The van der Waals surface area contributed by atoms with E-state index in [1.54, 1.807) is 0 Å². The molecule has 0 heterocycles. The summed E-state index contributed by atoms with van der Waals surface area (Å²) >= 11 is 0. The molecule has 2 fully saturated rings. The van der Waals surface area contributed by atoms with E-state index in [0.29, 0.717) is 11.0 Å². The number of aliphatic carboxylic acids is 1. The first-order chi connectivity index (χ1) is 6.11. The fourth-order valence-corrected chi connectivity index (χ4v) is 3.09. The van der Waals surface area contributed by atoms with E-state index in [1.165, 1.54) is 32.1 Å². The van der Waals surface area contributed by atoms with Crippen LogP contribution in [-0.4, -0.2) is 11.1 Å². The van der Waals surface area contributed by atoms with Crippen molar-refractivity contribution in [1.29, 1.82) is 0 Å². The lowest BCUT2D eigenvalue weighted by molar-refractivity contribution is -0.133. The van der Waals surface area contributed by atoms with Crippen LogP contribution in [0.25, 0.3) is 0 Å². The van der Waals surface area contributed by atoms with Gasteiger partial charge < -0.3 is 5.11 Å². The van der Waals surface area contributed by atoms with Crippen LogP contribution in [0.1, 0.15) is 38.5 Å². The van der Waals surface area contributed by atoms with Crippen LogP contribution in [-0.2, 0) is 4.79 Å². The minimum Gasteiger partial charge on any atom is -0.478 e. The Balaban J connectivity index is 2.01. The van der Waals surface area contributed by atoms with Crippen molar-refractivity contribution >= 4 is 5.97 Å². The lowest BCUT2D eigenvalue weighted by Gasteiger charge is -2.26. The van der Waals surface area contributed by atoms with Gasteiger partial charge in [0.15, 0.2) is 0 Å². The topological polar surface area (TPSA) is 37.3 Å². The monoisotopic (exact) mass is 180 g/mol. The van der Waals surface area contributed by atoms with Crippen LogP contribution in [0.5, 0.6) is 0 Å². The maximum atomic E-state index is 10.7. The van der Waals surface area contributed by atoms with Gasteiger partial charge in [0.2, 0.25) is 0 Å². The van der Waals surface area contributed by atoms with Crippen molar-refractivity contribution in [3.8, 4) is 0 Å². The molecule has 72 valence electrons.